The van der Waals surface area contributed by atoms with Gasteiger partial charge < -0.3 is 9.47 Å². The number of halogens is 1. The number of hydrogen-bond acceptors (Lipinski definition) is 4. The Balaban J connectivity index is 1.34. The van der Waals surface area contributed by atoms with Crippen molar-refractivity contribution in [1.82, 2.24) is 29.4 Å². The molecule has 6 nitrogen and oxygen atoms in total. The van der Waals surface area contributed by atoms with Gasteiger partial charge in [-0.05, 0) is 63.0 Å². The van der Waals surface area contributed by atoms with Crippen LogP contribution in [0.1, 0.15) is 42.9 Å². The lowest BCUT2D eigenvalue weighted by atomic mass is 9.95. The minimum Gasteiger partial charge on any atom is -0.313 e. The van der Waals surface area contributed by atoms with Gasteiger partial charge in [-0.15, -0.1) is 10.2 Å². The Bertz CT molecular complexity index is 880. The monoisotopic (exact) mass is 382 g/mol. The quantitative estimate of drug-likeness (QED) is 0.630. The van der Waals surface area contributed by atoms with E-state index in [9.17, 15) is 4.39 Å². The summed E-state index contributed by atoms with van der Waals surface area (Å²) in [5, 5.41) is 13.2. The van der Waals surface area contributed by atoms with Gasteiger partial charge in [-0.25, -0.2) is 4.39 Å². The minimum atomic E-state index is -0.152. The van der Waals surface area contributed by atoms with Crippen molar-refractivity contribution < 1.29 is 4.39 Å². The summed E-state index contributed by atoms with van der Waals surface area (Å²) in [7, 11) is 0. The van der Waals surface area contributed by atoms with Crippen LogP contribution in [0.4, 0.5) is 4.39 Å². The van der Waals surface area contributed by atoms with E-state index in [0.29, 0.717) is 12.5 Å². The first kappa shape index (κ1) is 18.8. The summed E-state index contributed by atoms with van der Waals surface area (Å²) >= 11 is 0. The number of rotatable bonds is 7. The second-order valence-corrected chi connectivity index (χ2v) is 7.42. The zero-order chi connectivity index (χ0) is 19.3. The third kappa shape index (κ3) is 4.30. The van der Waals surface area contributed by atoms with E-state index in [1.807, 2.05) is 23.0 Å². The van der Waals surface area contributed by atoms with E-state index in [2.05, 4.69) is 31.7 Å². The molecule has 3 heterocycles. The molecule has 1 aromatic carbocycles. The number of nitrogens with zero attached hydrogens (tertiary/aromatic N) is 6. The summed E-state index contributed by atoms with van der Waals surface area (Å²) < 4.78 is 17.5. The first-order valence-corrected chi connectivity index (χ1v) is 10.1. The van der Waals surface area contributed by atoms with E-state index in [1.165, 1.54) is 6.07 Å². The molecule has 0 radical (unpaired) electrons. The summed E-state index contributed by atoms with van der Waals surface area (Å²) in [6, 6.07) is 8.85. The van der Waals surface area contributed by atoms with E-state index >= 15 is 0 Å². The SMILES string of the molecule is CCn1c(Cn2cccn2)nnc1C1CCN(CCc2cccc(F)c2)CC1. The average molecular weight is 382 g/mol. The largest absolute Gasteiger partial charge is 0.313 e. The predicted octanol–water partition coefficient (Wildman–Crippen LogP) is 3.10. The van der Waals surface area contributed by atoms with E-state index < -0.39 is 0 Å². The molecule has 7 heteroatoms. The van der Waals surface area contributed by atoms with Crippen LogP contribution >= 0.6 is 0 Å². The maximum Gasteiger partial charge on any atom is 0.154 e. The smallest absolute Gasteiger partial charge is 0.154 e. The normalized spacial score (nSPS) is 15.9. The third-order valence-corrected chi connectivity index (χ3v) is 5.59. The maximum absolute atomic E-state index is 13.3. The Hall–Kier alpha value is -2.54. The fourth-order valence-electron chi connectivity index (χ4n) is 4.05. The van der Waals surface area contributed by atoms with Crippen molar-refractivity contribution in [2.24, 2.45) is 0 Å². The van der Waals surface area contributed by atoms with E-state index in [-0.39, 0.29) is 5.82 Å². The van der Waals surface area contributed by atoms with E-state index in [1.54, 1.807) is 18.3 Å². The van der Waals surface area contributed by atoms with Gasteiger partial charge >= 0.3 is 0 Å². The van der Waals surface area contributed by atoms with Gasteiger partial charge in [-0.2, -0.15) is 5.10 Å². The van der Waals surface area contributed by atoms with Crippen LogP contribution in [-0.4, -0.2) is 49.1 Å². The molecular weight excluding hydrogens is 355 g/mol. The zero-order valence-electron chi connectivity index (χ0n) is 16.3. The highest BCUT2D eigenvalue weighted by Gasteiger charge is 2.25. The number of aromatic nitrogens is 5. The summed E-state index contributed by atoms with van der Waals surface area (Å²) in [5.41, 5.74) is 1.07. The minimum absolute atomic E-state index is 0.152. The first-order chi connectivity index (χ1) is 13.7. The lowest BCUT2D eigenvalue weighted by Crippen LogP contribution is -2.35. The van der Waals surface area contributed by atoms with Crippen LogP contribution < -0.4 is 0 Å². The van der Waals surface area contributed by atoms with Crippen LogP contribution in [0.5, 0.6) is 0 Å². The summed E-state index contributed by atoms with van der Waals surface area (Å²) in [5.74, 6) is 2.37. The van der Waals surface area contributed by atoms with Crippen molar-refractivity contribution >= 4 is 0 Å². The van der Waals surface area contributed by atoms with Crippen LogP contribution in [0.2, 0.25) is 0 Å². The van der Waals surface area contributed by atoms with Gasteiger partial charge in [-0.3, -0.25) is 4.68 Å². The molecule has 2 aromatic heterocycles. The first-order valence-electron chi connectivity index (χ1n) is 10.1. The van der Waals surface area contributed by atoms with Crippen LogP contribution in [0, 0.1) is 5.82 Å². The molecule has 4 rings (SSSR count). The van der Waals surface area contributed by atoms with E-state index in [0.717, 1.165) is 62.7 Å². The molecule has 0 unspecified atom stereocenters. The van der Waals surface area contributed by atoms with E-state index in [4.69, 9.17) is 0 Å². The summed E-state index contributed by atoms with van der Waals surface area (Å²) in [6.45, 7) is 6.74. The Morgan fingerprint density at radius 1 is 1.14 bits per heavy atom. The molecular formula is C21H27FN6. The molecule has 0 aliphatic carbocycles. The molecule has 0 N–H and O–H groups in total. The molecule has 28 heavy (non-hydrogen) atoms. The van der Waals surface area contributed by atoms with Crippen molar-refractivity contribution in [3.63, 3.8) is 0 Å². The highest BCUT2D eigenvalue weighted by Crippen LogP contribution is 2.27. The van der Waals surface area contributed by atoms with Crippen molar-refractivity contribution in [2.45, 2.75) is 45.2 Å². The Labute approximate surface area is 165 Å². The standard InChI is InChI=1S/C21H27FN6/c1-2-28-20(16-27-11-4-10-23-27)24-25-21(28)18-8-13-26(14-9-18)12-7-17-5-3-6-19(22)15-17/h3-6,10-11,15,18H,2,7-9,12-14,16H2,1H3. The van der Waals surface area contributed by atoms with Crippen LogP contribution in [0.3, 0.4) is 0 Å². The van der Waals surface area contributed by atoms with Crippen LogP contribution in [0.15, 0.2) is 42.7 Å². The molecule has 148 valence electrons. The Morgan fingerprint density at radius 2 is 2.00 bits per heavy atom. The van der Waals surface area contributed by atoms with Gasteiger partial charge in [0.25, 0.3) is 0 Å². The predicted molar refractivity (Wildman–Crippen MR) is 106 cm³/mol. The third-order valence-electron chi connectivity index (χ3n) is 5.59. The Morgan fingerprint density at radius 3 is 2.71 bits per heavy atom. The summed E-state index contributed by atoms with van der Waals surface area (Å²) in [6.07, 6.45) is 6.80. The summed E-state index contributed by atoms with van der Waals surface area (Å²) in [4.78, 5) is 2.47. The van der Waals surface area contributed by atoms with Crippen LogP contribution in [-0.2, 0) is 19.5 Å². The second-order valence-electron chi connectivity index (χ2n) is 7.42. The highest BCUT2D eigenvalue weighted by atomic mass is 19.1. The molecule has 1 aliphatic rings. The van der Waals surface area contributed by atoms with Crippen molar-refractivity contribution in [3.8, 4) is 0 Å². The zero-order valence-corrected chi connectivity index (χ0v) is 16.3. The van der Waals surface area contributed by atoms with Gasteiger partial charge in [0.15, 0.2) is 5.82 Å². The topological polar surface area (TPSA) is 51.8 Å². The van der Waals surface area contributed by atoms with Gasteiger partial charge in [0.1, 0.15) is 18.2 Å². The molecule has 0 amide bonds. The maximum atomic E-state index is 13.3. The van der Waals surface area contributed by atoms with Gasteiger partial charge in [0.05, 0.1) is 0 Å². The van der Waals surface area contributed by atoms with Crippen LogP contribution in [0.25, 0.3) is 0 Å². The number of hydrogen-bond donors (Lipinski definition) is 0. The average Bonchev–Trinajstić information content (AvgIpc) is 3.37. The highest BCUT2D eigenvalue weighted by molar-refractivity contribution is 5.16. The lowest BCUT2D eigenvalue weighted by Gasteiger charge is -2.31. The fourth-order valence-corrected chi connectivity index (χ4v) is 4.05. The fraction of sp³-hybridized carbons (Fsp3) is 0.476. The molecule has 0 atom stereocenters. The second kappa shape index (κ2) is 8.65. The molecule has 0 saturated carbocycles. The van der Waals surface area contributed by atoms with Gasteiger partial charge in [0.2, 0.25) is 0 Å². The van der Waals surface area contributed by atoms with Crippen molar-refractivity contribution in [2.75, 3.05) is 19.6 Å². The van der Waals surface area contributed by atoms with Crippen molar-refractivity contribution in [1.29, 1.82) is 0 Å². The lowest BCUT2D eigenvalue weighted by molar-refractivity contribution is 0.209. The number of benzene rings is 1. The molecule has 1 saturated heterocycles. The number of likely N-dealkylation sites (tertiary alicyclic amines) is 1. The molecule has 0 bridgehead atoms. The van der Waals surface area contributed by atoms with Crippen molar-refractivity contribution in [3.05, 3.63) is 65.8 Å². The molecule has 1 fully saturated rings. The molecule has 3 aromatic rings. The van der Waals surface area contributed by atoms with Gasteiger partial charge in [0, 0.05) is 31.4 Å². The van der Waals surface area contributed by atoms with Gasteiger partial charge in [-0.1, -0.05) is 12.1 Å². The molecule has 1 aliphatic heterocycles. The molecule has 0 spiro atoms. The number of piperidine rings is 1. The Kier molecular flexibility index (Phi) is 5.81.